The van der Waals surface area contributed by atoms with Crippen molar-refractivity contribution in [2.45, 2.75) is 25.9 Å². The highest BCUT2D eigenvalue weighted by Gasteiger charge is 2.39. The van der Waals surface area contributed by atoms with E-state index in [1.165, 1.54) is 23.5 Å². The van der Waals surface area contributed by atoms with Crippen LogP contribution >= 0.6 is 0 Å². The monoisotopic (exact) mass is 336 g/mol. The number of piperazine rings is 1. The summed E-state index contributed by atoms with van der Waals surface area (Å²) in [5.74, 6) is -0.578. The van der Waals surface area contributed by atoms with Gasteiger partial charge >= 0.3 is 0 Å². The van der Waals surface area contributed by atoms with Crippen molar-refractivity contribution in [2.24, 2.45) is 0 Å². The lowest BCUT2D eigenvalue weighted by Gasteiger charge is -2.43. The molecule has 0 spiro atoms. The van der Waals surface area contributed by atoms with E-state index in [0.717, 1.165) is 5.56 Å². The fourth-order valence-corrected chi connectivity index (χ4v) is 3.09. The molecule has 0 aliphatic carbocycles. The SMILES string of the molecule is CC1CN(C(=N)c2cnccn2)C(=N)C(=O)N1C(C)c1ccccc1. The minimum absolute atomic E-state index is 0.0188. The quantitative estimate of drug-likeness (QED) is 0.662. The van der Waals surface area contributed by atoms with E-state index in [1.807, 2.05) is 44.2 Å². The zero-order valence-corrected chi connectivity index (χ0v) is 14.2. The van der Waals surface area contributed by atoms with E-state index in [0.29, 0.717) is 12.2 Å². The van der Waals surface area contributed by atoms with Gasteiger partial charge in [0.05, 0.1) is 12.2 Å². The number of aromatic nitrogens is 2. The molecule has 2 aromatic rings. The first kappa shape index (κ1) is 16.8. The number of rotatable bonds is 3. The zero-order valence-electron chi connectivity index (χ0n) is 14.2. The molecule has 1 amide bonds. The first-order valence-electron chi connectivity index (χ1n) is 8.09. The molecule has 2 heterocycles. The molecular formula is C18H20N6O. The van der Waals surface area contributed by atoms with Crippen LogP contribution in [0, 0.1) is 10.8 Å². The molecule has 1 aromatic carbocycles. The van der Waals surface area contributed by atoms with Crippen LogP contribution in [0.1, 0.15) is 31.1 Å². The molecule has 1 saturated heterocycles. The number of nitrogens with one attached hydrogen (secondary N) is 2. The summed E-state index contributed by atoms with van der Waals surface area (Å²) < 4.78 is 0. The number of hydrogen-bond donors (Lipinski definition) is 2. The molecule has 7 nitrogen and oxygen atoms in total. The zero-order chi connectivity index (χ0) is 18.0. The summed E-state index contributed by atoms with van der Waals surface area (Å²) in [6.45, 7) is 4.26. The number of nitrogens with zero attached hydrogens (tertiary/aromatic N) is 4. The van der Waals surface area contributed by atoms with Gasteiger partial charge in [0, 0.05) is 25.0 Å². The minimum atomic E-state index is -0.385. The normalized spacial score (nSPS) is 19.0. The van der Waals surface area contributed by atoms with Gasteiger partial charge in [0.15, 0.2) is 11.7 Å². The Balaban J connectivity index is 1.84. The average Bonchev–Trinajstić information content (AvgIpc) is 2.65. The lowest BCUT2D eigenvalue weighted by atomic mass is 10.0. The third-order valence-corrected chi connectivity index (χ3v) is 4.40. The largest absolute Gasteiger partial charge is 0.325 e. The van der Waals surface area contributed by atoms with Crippen molar-refractivity contribution in [3.05, 3.63) is 60.2 Å². The standard InChI is InChI=1S/C18H20N6O/c1-12-11-23(16(19)15-10-21-8-9-22-15)17(20)18(25)24(12)13(2)14-6-4-3-5-7-14/h3-10,12-13,19-20H,11H2,1-2H3. The maximum atomic E-state index is 12.8. The first-order chi connectivity index (χ1) is 12.0. The second-order valence-corrected chi connectivity index (χ2v) is 6.05. The van der Waals surface area contributed by atoms with Gasteiger partial charge in [-0.15, -0.1) is 0 Å². The fourth-order valence-electron chi connectivity index (χ4n) is 3.09. The van der Waals surface area contributed by atoms with Crippen molar-refractivity contribution < 1.29 is 4.79 Å². The summed E-state index contributed by atoms with van der Waals surface area (Å²) in [7, 11) is 0. The highest BCUT2D eigenvalue weighted by atomic mass is 16.2. The van der Waals surface area contributed by atoms with Crippen molar-refractivity contribution >= 4 is 17.6 Å². The van der Waals surface area contributed by atoms with Crippen molar-refractivity contribution in [2.75, 3.05) is 6.54 Å². The number of amides is 1. The van der Waals surface area contributed by atoms with Crippen LogP contribution < -0.4 is 0 Å². The van der Waals surface area contributed by atoms with Gasteiger partial charge in [-0.1, -0.05) is 30.3 Å². The molecule has 1 fully saturated rings. The van der Waals surface area contributed by atoms with Crippen LogP contribution in [0.15, 0.2) is 48.9 Å². The Morgan fingerprint density at radius 1 is 1.28 bits per heavy atom. The van der Waals surface area contributed by atoms with E-state index in [1.54, 1.807) is 4.90 Å². The minimum Gasteiger partial charge on any atom is -0.325 e. The fraction of sp³-hybridized carbons (Fsp3) is 0.278. The van der Waals surface area contributed by atoms with Gasteiger partial charge in [0.2, 0.25) is 0 Å². The van der Waals surface area contributed by atoms with Crippen LogP contribution in [0.4, 0.5) is 0 Å². The first-order valence-corrected chi connectivity index (χ1v) is 8.09. The number of carbonyl (C=O) groups is 1. The van der Waals surface area contributed by atoms with Gasteiger partial charge in [-0.3, -0.25) is 20.6 Å². The van der Waals surface area contributed by atoms with Gasteiger partial charge in [-0.25, -0.2) is 4.98 Å². The second-order valence-electron chi connectivity index (χ2n) is 6.05. The topological polar surface area (TPSA) is 97.0 Å². The predicted octanol–water partition coefficient (Wildman–Crippen LogP) is 2.07. The smallest absolute Gasteiger partial charge is 0.290 e. The molecule has 1 aliphatic rings. The molecule has 3 rings (SSSR count). The highest BCUT2D eigenvalue weighted by molar-refractivity contribution is 6.40. The van der Waals surface area contributed by atoms with E-state index in [-0.39, 0.29) is 29.7 Å². The average molecular weight is 336 g/mol. The Hall–Kier alpha value is -3.09. The summed E-state index contributed by atoms with van der Waals surface area (Å²) in [5, 5.41) is 16.5. The summed E-state index contributed by atoms with van der Waals surface area (Å²) in [4.78, 5) is 24.0. The predicted molar refractivity (Wildman–Crippen MR) is 94.5 cm³/mol. The summed E-state index contributed by atoms with van der Waals surface area (Å²) >= 11 is 0. The Bertz CT molecular complexity index is 792. The lowest BCUT2D eigenvalue weighted by Crippen LogP contribution is -2.60. The van der Waals surface area contributed by atoms with E-state index in [4.69, 9.17) is 10.8 Å². The van der Waals surface area contributed by atoms with E-state index < -0.39 is 0 Å². The Morgan fingerprint density at radius 2 is 2.00 bits per heavy atom. The van der Waals surface area contributed by atoms with Crippen molar-refractivity contribution in [3.8, 4) is 0 Å². The number of carbonyl (C=O) groups excluding carboxylic acids is 1. The molecule has 128 valence electrons. The third-order valence-electron chi connectivity index (χ3n) is 4.40. The number of amidine groups is 2. The van der Waals surface area contributed by atoms with Crippen molar-refractivity contribution in [3.63, 3.8) is 0 Å². The lowest BCUT2D eigenvalue weighted by molar-refractivity contribution is -0.131. The Kier molecular flexibility index (Phi) is 4.56. The maximum Gasteiger partial charge on any atom is 0.290 e. The Morgan fingerprint density at radius 3 is 2.64 bits per heavy atom. The molecule has 0 radical (unpaired) electrons. The van der Waals surface area contributed by atoms with Gasteiger partial charge in [0.25, 0.3) is 5.91 Å². The molecule has 2 N–H and O–H groups in total. The highest BCUT2D eigenvalue weighted by Crippen LogP contribution is 2.26. The molecule has 1 aliphatic heterocycles. The van der Waals surface area contributed by atoms with E-state index in [2.05, 4.69) is 9.97 Å². The van der Waals surface area contributed by atoms with Crippen LogP contribution in [0.2, 0.25) is 0 Å². The molecule has 2 unspecified atom stereocenters. The molecule has 7 heteroatoms. The maximum absolute atomic E-state index is 12.8. The van der Waals surface area contributed by atoms with Gasteiger partial charge in [0.1, 0.15) is 5.69 Å². The van der Waals surface area contributed by atoms with Crippen LogP contribution in [0.5, 0.6) is 0 Å². The molecule has 0 saturated carbocycles. The van der Waals surface area contributed by atoms with Crippen molar-refractivity contribution in [1.82, 2.24) is 19.8 Å². The van der Waals surface area contributed by atoms with Crippen LogP contribution in [0.3, 0.4) is 0 Å². The third kappa shape index (κ3) is 3.13. The van der Waals surface area contributed by atoms with E-state index >= 15 is 0 Å². The summed E-state index contributed by atoms with van der Waals surface area (Å²) in [5.41, 5.74) is 1.37. The van der Waals surface area contributed by atoms with Gasteiger partial charge < -0.3 is 9.80 Å². The van der Waals surface area contributed by atoms with E-state index in [9.17, 15) is 4.79 Å². The van der Waals surface area contributed by atoms with Crippen molar-refractivity contribution in [1.29, 1.82) is 10.8 Å². The number of benzene rings is 1. The number of hydrogen-bond acceptors (Lipinski definition) is 5. The van der Waals surface area contributed by atoms with Crippen LogP contribution in [0.25, 0.3) is 0 Å². The second kappa shape index (κ2) is 6.80. The van der Waals surface area contributed by atoms with Gasteiger partial charge in [-0.2, -0.15) is 0 Å². The molecule has 0 bridgehead atoms. The molecule has 25 heavy (non-hydrogen) atoms. The van der Waals surface area contributed by atoms with Gasteiger partial charge in [-0.05, 0) is 19.4 Å². The van der Waals surface area contributed by atoms with Crippen LogP contribution in [-0.4, -0.2) is 49.9 Å². The Labute approximate surface area is 146 Å². The molecule has 1 aromatic heterocycles. The van der Waals surface area contributed by atoms with Crippen LogP contribution in [-0.2, 0) is 4.79 Å². The summed E-state index contributed by atoms with van der Waals surface area (Å²) in [6, 6.07) is 9.47. The molecular weight excluding hydrogens is 316 g/mol. The molecule has 2 atom stereocenters. The summed E-state index contributed by atoms with van der Waals surface area (Å²) in [6.07, 6.45) is 4.48.